The molecule has 0 rings (SSSR count). The Kier molecular flexibility index (Phi) is 31.5. The number of nitrogens with zero attached hydrogens (tertiary/aromatic N) is 1. The topological polar surface area (TPSA) is 35.0 Å². The summed E-state index contributed by atoms with van der Waals surface area (Å²) in [6.07, 6.45) is 21.9. The SMILES string of the molecule is CCCCCCCCCCCCCCCCC[N+](C)(C)C.Cl.N.[Cl-]. The summed E-state index contributed by atoms with van der Waals surface area (Å²) < 4.78 is 1.12. The molecule has 0 unspecified atom stereocenters. The molecule has 0 aromatic carbocycles. The van der Waals surface area contributed by atoms with Crippen LogP contribution in [0.5, 0.6) is 0 Å². The molecule has 0 saturated heterocycles. The lowest BCUT2D eigenvalue weighted by Crippen LogP contribution is -3.00. The molecular formula is C20H48Cl2N2. The second-order valence-corrected chi connectivity index (χ2v) is 7.96. The Morgan fingerprint density at radius 2 is 0.750 bits per heavy atom. The van der Waals surface area contributed by atoms with Crippen LogP contribution in [0.1, 0.15) is 103 Å². The molecule has 4 heteroatoms. The van der Waals surface area contributed by atoms with Gasteiger partial charge in [0, 0.05) is 0 Å². The Morgan fingerprint density at radius 3 is 1.00 bits per heavy atom. The molecule has 0 spiro atoms. The van der Waals surface area contributed by atoms with Crippen molar-refractivity contribution >= 4 is 12.4 Å². The van der Waals surface area contributed by atoms with Crippen LogP contribution in [0.2, 0.25) is 0 Å². The molecule has 2 nitrogen and oxygen atoms in total. The molecule has 0 fully saturated rings. The zero-order chi connectivity index (χ0) is 15.8. The van der Waals surface area contributed by atoms with Crippen LogP contribution in [0.3, 0.4) is 0 Å². The lowest BCUT2D eigenvalue weighted by Gasteiger charge is -2.23. The van der Waals surface area contributed by atoms with E-state index in [1.807, 2.05) is 0 Å². The standard InChI is InChI=1S/C20H44N.2ClH.H3N/c1-5-6-7-8-9-10-11-12-13-14-15-16-17-18-19-20-21(2,3)4;;;/h5-20H2,1-4H3;2*1H;1H3/q+1;;;/p-1. The van der Waals surface area contributed by atoms with Gasteiger partial charge >= 0.3 is 0 Å². The minimum Gasteiger partial charge on any atom is -1.00 e. The van der Waals surface area contributed by atoms with Crippen molar-refractivity contribution < 1.29 is 16.9 Å². The van der Waals surface area contributed by atoms with Crippen molar-refractivity contribution in [3.63, 3.8) is 0 Å². The number of halogens is 2. The summed E-state index contributed by atoms with van der Waals surface area (Å²) in [5.41, 5.74) is 0. The van der Waals surface area contributed by atoms with E-state index < -0.39 is 0 Å². The van der Waals surface area contributed by atoms with E-state index in [4.69, 9.17) is 0 Å². The van der Waals surface area contributed by atoms with E-state index >= 15 is 0 Å². The first kappa shape index (κ1) is 32.2. The lowest BCUT2D eigenvalue weighted by atomic mass is 10.0. The van der Waals surface area contributed by atoms with Gasteiger partial charge in [-0.15, -0.1) is 12.4 Å². The van der Waals surface area contributed by atoms with Gasteiger partial charge in [-0.05, 0) is 12.8 Å². The Morgan fingerprint density at radius 1 is 0.500 bits per heavy atom. The second kappa shape index (κ2) is 23.5. The summed E-state index contributed by atoms with van der Waals surface area (Å²) in [6, 6.07) is 0. The van der Waals surface area contributed by atoms with Gasteiger partial charge in [-0.1, -0.05) is 90.4 Å². The van der Waals surface area contributed by atoms with Crippen LogP contribution in [0.4, 0.5) is 0 Å². The molecule has 0 radical (unpaired) electrons. The van der Waals surface area contributed by atoms with Crippen LogP contribution in [0, 0.1) is 0 Å². The molecule has 3 N–H and O–H groups in total. The molecule has 0 amide bonds. The maximum absolute atomic E-state index is 2.30. The highest BCUT2D eigenvalue weighted by Gasteiger charge is 2.04. The molecule has 0 aliphatic carbocycles. The van der Waals surface area contributed by atoms with Crippen LogP contribution in [0.25, 0.3) is 0 Å². The van der Waals surface area contributed by atoms with E-state index in [0.29, 0.717) is 0 Å². The number of unbranched alkanes of at least 4 members (excludes halogenated alkanes) is 14. The first-order chi connectivity index (χ1) is 10.1. The van der Waals surface area contributed by atoms with Crippen molar-refractivity contribution in [2.75, 3.05) is 27.7 Å². The molecule has 0 atom stereocenters. The summed E-state index contributed by atoms with van der Waals surface area (Å²) in [7, 11) is 6.89. The van der Waals surface area contributed by atoms with Crippen molar-refractivity contribution in [3.05, 3.63) is 0 Å². The lowest BCUT2D eigenvalue weighted by molar-refractivity contribution is -0.870. The fourth-order valence-electron chi connectivity index (χ4n) is 2.96. The minimum atomic E-state index is 0. The summed E-state index contributed by atoms with van der Waals surface area (Å²) in [4.78, 5) is 0. The number of hydrogen-bond acceptors (Lipinski definition) is 1. The number of rotatable bonds is 16. The van der Waals surface area contributed by atoms with Crippen molar-refractivity contribution in [1.29, 1.82) is 0 Å². The molecule has 0 aliphatic heterocycles. The number of quaternary nitrogens is 1. The van der Waals surface area contributed by atoms with E-state index in [0.717, 1.165) is 4.48 Å². The van der Waals surface area contributed by atoms with Crippen molar-refractivity contribution in [2.45, 2.75) is 103 Å². The fraction of sp³-hybridized carbons (Fsp3) is 1.00. The molecule has 0 aromatic rings. The smallest absolute Gasteiger partial charge is 0.0780 e. The number of hydrogen-bond donors (Lipinski definition) is 1. The van der Waals surface area contributed by atoms with Crippen LogP contribution in [-0.2, 0) is 0 Å². The van der Waals surface area contributed by atoms with Gasteiger partial charge in [-0.3, -0.25) is 0 Å². The molecule has 0 aromatic heterocycles. The average Bonchev–Trinajstić information content (AvgIpc) is 2.42. The average molecular weight is 388 g/mol. The molecular weight excluding hydrogens is 339 g/mol. The third kappa shape index (κ3) is 30.4. The summed E-state index contributed by atoms with van der Waals surface area (Å²) >= 11 is 0. The summed E-state index contributed by atoms with van der Waals surface area (Å²) in [6.45, 7) is 3.63. The van der Waals surface area contributed by atoms with Gasteiger partial charge < -0.3 is 23.0 Å². The summed E-state index contributed by atoms with van der Waals surface area (Å²) in [5, 5.41) is 0. The molecule has 152 valence electrons. The first-order valence-electron chi connectivity index (χ1n) is 9.86. The Labute approximate surface area is 166 Å². The van der Waals surface area contributed by atoms with E-state index in [9.17, 15) is 0 Å². The zero-order valence-corrected chi connectivity index (χ0v) is 18.8. The minimum absolute atomic E-state index is 0. The Hall–Kier alpha value is 0.500. The van der Waals surface area contributed by atoms with Crippen LogP contribution >= 0.6 is 12.4 Å². The quantitative estimate of drug-likeness (QED) is 0.313. The zero-order valence-electron chi connectivity index (χ0n) is 17.3. The van der Waals surface area contributed by atoms with Gasteiger partial charge in [-0.2, -0.15) is 0 Å². The fourth-order valence-corrected chi connectivity index (χ4v) is 2.96. The molecule has 24 heavy (non-hydrogen) atoms. The van der Waals surface area contributed by atoms with E-state index in [1.54, 1.807) is 0 Å². The van der Waals surface area contributed by atoms with Crippen molar-refractivity contribution in [3.8, 4) is 0 Å². The molecule has 0 aliphatic rings. The highest BCUT2D eigenvalue weighted by molar-refractivity contribution is 5.85. The monoisotopic (exact) mass is 386 g/mol. The third-order valence-electron chi connectivity index (χ3n) is 4.43. The largest absolute Gasteiger partial charge is 1.00 e. The summed E-state index contributed by atoms with van der Waals surface area (Å²) in [5.74, 6) is 0. The van der Waals surface area contributed by atoms with Gasteiger partial charge in [0.05, 0.1) is 27.7 Å². The predicted octanol–water partition coefficient (Wildman–Crippen LogP) is 4.15. The predicted molar refractivity (Wildman–Crippen MR) is 110 cm³/mol. The van der Waals surface area contributed by atoms with Crippen LogP contribution in [-0.4, -0.2) is 32.2 Å². The van der Waals surface area contributed by atoms with Gasteiger partial charge in [0.2, 0.25) is 0 Å². The third-order valence-corrected chi connectivity index (χ3v) is 4.43. The first-order valence-corrected chi connectivity index (χ1v) is 9.86. The van der Waals surface area contributed by atoms with E-state index in [-0.39, 0.29) is 31.0 Å². The normalized spacial score (nSPS) is 10.5. The Balaban J connectivity index is -0.000000667. The van der Waals surface area contributed by atoms with Gasteiger partial charge in [0.15, 0.2) is 0 Å². The maximum Gasteiger partial charge on any atom is 0.0780 e. The highest BCUT2D eigenvalue weighted by atomic mass is 35.5. The van der Waals surface area contributed by atoms with E-state index in [1.165, 1.54) is 103 Å². The van der Waals surface area contributed by atoms with E-state index in [2.05, 4.69) is 28.1 Å². The van der Waals surface area contributed by atoms with Gasteiger partial charge in [0.25, 0.3) is 0 Å². The van der Waals surface area contributed by atoms with Crippen LogP contribution < -0.4 is 18.6 Å². The van der Waals surface area contributed by atoms with Gasteiger partial charge in [0.1, 0.15) is 0 Å². The highest BCUT2D eigenvalue weighted by Crippen LogP contribution is 2.13. The van der Waals surface area contributed by atoms with Crippen molar-refractivity contribution in [2.24, 2.45) is 0 Å². The van der Waals surface area contributed by atoms with Gasteiger partial charge in [-0.25, -0.2) is 0 Å². The Bertz CT molecular complexity index is 206. The molecule has 0 saturated carbocycles. The molecule has 0 bridgehead atoms. The van der Waals surface area contributed by atoms with Crippen LogP contribution in [0.15, 0.2) is 0 Å². The molecule has 0 heterocycles. The second-order valence-electron chi connectivity index (χ2n) is 7.96. The van der Waals surface area contributed by atoms with Crippen molar-refractivity contribution in [1.82, 2.24) is 6.15 Å². The maximum atomic E-state index is 2.30.